The topological polar surface area (TPSA) is 84.5 Å². The van der Waals surface area contributed by atoms with Crippen LogP contribution in [-0.4, -0.2) is 21.1 Å². The van der Waals surface area contributed by atoms with Gasteiger partial charge in [-0.25, -0.2) is 13.2 Å². The summed E-state index contributed by atoms with van der Waals surface area (Å²) in [6, 6.07) is 8.19. The largest absolute Gasteiger partial charge is 0.450 e. The number of benzene rings is 2. The van der Waals surface area contributed by atoms with Crippen LogP contribution in [0.25, 0.3) is 0 Å². The summed E-state index contributed by atoms with van der Waals surface area (Å²) in [4.78, 5) is 11.3. The van der Waals surface area contributed by atoms with Crippen molar-refractivity contribution in [3.05, 3.63) is 51.5 Å². The highest BCUT2D eigenvalue weighted by atomic mass is 35.5. The van der Waals surface area contributed by atoms with Crippen LogP contribution in [0.15, 0.2) is 41.3 Å². The van der Waals surface area contributed by atoms with E-state index in [-0.39, 0.29) is 32.3 Å². The van der Waals surface area contributed by atoms with E-state index in [0.717, 1.165) is 0 Å². The molecule has 0 atom stereocenters. The monoisotopic (exact) mass is 422 g/mol. The van der Waals surface area contributed by atoms with Crippen molar-refractivity contribution in [3.63, 3.8) is 0 Å². The quantitative estimate of drug-likeness (QED) is 0.662. The zero-order valence-corrected chi connectivity index (χ0v) is 15.9. The lowest BCUT2D eigenvalue weighted by Crippen LogP contribution is -2.15. The van der Waals surface area contributed by atoms with Gasteiger partial charge in [-0.2, -0.15) is 0 Å². The lowest BCUT2D eigenvalue weighted by atomic mass is 10.3. The SMILES string of the molecule is CCOC(=O)Nc1ccc(S(=O)(=O)Nc2cc(Cl)c(Cl)cc2Cl)cc1. The Morgan fingerprint density at radius 2 is 1.64 bits per heavy atom. The Bertz CT molecular complexity index is 886. The van der Waals surface area contributed by atoms with E-state index in [1.165, 1.54) is 36.4 Å². The Hall–Kier alpha value is -1.67. The number of ether oxygens (including phenoxy) is 1. The van der Waals surface area contributed by atoms with Crippen molar-refractivity contribution >= 4 is 62.3 Å². The highest BCUT2D eigenvalue weighted by molar-refractivity contribution is 7.92. The van der Waals surface area contributed by atoms with E-state index in [2.05, 4.69) is 10.0 Å². The number of halogens is 3. The molecule has 6 nitrogen and oxygen atoms in total. The number of amides is 1. The second-order valence-corrected chi connectivity index (χ2v) is 7.63. The van der Waals surface area contributed by atoms with Gasteiger partial charge >= 0.3 is 6.09 Å². The Morgan fingerprint density at radius 1 is 1.04 bits per heavy atom. The number of hydrogen-bond donors (Lipinski definition) is 2. The molecule has 2 aromatic carbocycles. The maximum atomic E-state index is 12.4. The van der Waals surface area contributed by atoms with Crippen molar-refractivity contribution in [2.45, 2.75) is 11.8 Å². The van der Waals surface area contributed by atoms with Gasteiger partial charge in [0.15, 0.2) is 0 Å². The Labute approximate surface area is 160 Å². The Kier molecular flexibility index (Phi) is 6.40. The average molecular weight is 424 g/mol. The maximum absolute atomic E-state index is 12.4. The Morgan fingerprint density at radius 3 is 2.24 bits per heavy atom. The summed E-state index contributed by atoms with van der Waals surface area (Å²) in [6.45, 7) is 1.90. The van der Waals surface area contributed by atoms with E-state index < -0.39 is 16.1 Å². The van der Waals surface area contributed by atoms with E-state index in [1.54, 1.807) is 6.92 Å². The number of nitrogens with one attached hydrogen (secondary N) is 2. The van der Waals surface area contributed by atoms with Gasteiger partial charge < -0.3 is 4.74 Å². The van der Waals surface area contributed by atoms with Gasteiger partial charge in [-0.05, 0) is 43.3 Å². The lowest BCUT2D eigenvalue weighted by Gasteiger charge is -2.11. The number of hydrogen-bond acceptors (Lipinski definition) is 4. The van der Waals surface area contributed by atoms with Gasteiger partial charge in [0.25, 0.3) is 10.0 Å². The fourth-order valence-electron chi connectivity index (χ4n) is 1.81. The summed E-state index contributed by atoms with van der Waals surface area (Å²) in [6.07, 6.45) is -0.626. The van der Waals surface area contributed by atoms with E-state index in [0.29, 0.717) is 5.69 Å². The average Bonchev–Trinajstić information content (AvgIpc) is 2.53. The molecule has 0 aromatic heterocycles. The van der Waals surface area contributed by atoms with Crippen LogP contribution in [-0.2, 0) is 14.8 Å². The molecule has 25 heavy (non-hydrogen) atoms. The van der Waals surface area contributed by atoms with Crippen molar-refractivity contribution in [3.8, 4) is 0 Å². The zero-order chi connectivity index (χ0) is 18.6. The first-order chi connectivity index (χ1) is 11.7. The molecule has 1 amide bonds. The summed E-state index contributed by atoms with van der Waals surface area (Å²) in [7, 11) is -3.90. The number of rotatable bonds is 5. The smallest absolute Gasteiger partial charge is 0.411 e. The van der Waals surface area contributed by atoms with Crippen molar-refractivity contribution in [2.24, 2.45) is 0 Å². The maximum Gasteiger partial charge on any atom is 0.411 e. The fourth-order valence-corrected chi connectivity index (χ4v) is 3.53. The van der Waals surface area contributed by atoms with Crippen molar-refractivity contribution in [2.75, 3.05) is 16.6 Å². The number of sulfonamides is 1. The summed E-state index contributed by atoms with van der Waals surface area (Å²) >= 11 is 17.7. The molecule has 0 aliphatic carbocycles. The first-order valence-electron chi connectivity index (χ1n) is 6.94. The minimum absolute atomic E-state index is 0.0240. The summed E-state index contributed by atoms with van der Waals surface area (Å²) in [5.41, 5.74) is 0.495. The third kappa shape index (κ3) is 5.15. The third-order valence-corrected chi connectivity index (χ3v) is 5.36. The standard InChI is InChI=1S/C15H13Cl3N2O4S/c1-2-24-15(21)19-9-3-5-10(6-4-9)25(22,23)20-14-8-12(17)11(16)7-13(14)18/h3-8,20H,2H2,1H3,(H,19,21). The van der Waals surface area contributed by atoms with Crippen LogP contribution in [0.2, 0.25) is 15.1 Å². The van der Waals surface area contributed by atoms with E-state index >= 15 is 0 Å². The molecule has 0 spiro atoms. The summed E-state index contributed by atoms with van der Waals surface area (Å²) in [5, 5.41) is 2.95. The van der Waals surface area contributed by atoms with Gasteiger partial charge in [0, 0.05) is 5.69 Å². The molecule has 0 aliphatic heterocycles. The fraction of sp³-hybridized carbons (Fsp3) is 0.133. The van der Waals surface area contributed by atoms with Crippen LogP contribution in [0.1, 0.15) is 6.92 Å². The molecule has 0 saturated carbocycles. The molecule has 2 rings (SSSR count). The third-order valence-electron chi connectivity index (χ3n) is 2.94. The van der Waals surface area contributed by atoms with Gasteiger partial charge in [0.1, 0.15) is 0 Å². The second-order valence-electron chi connectivity index (χ2n) is 4.72. The highest BCUT2D eigenvalue weighted by Crippen LogP contribution is 2.33. The van der Waals surface area contributed by atoms with E-state index in [1.807, 2.05) is 0 Å². The van der Waals surface area contributed by atoms with Crippen LogP contribution < -0.4 is 10.0 Å². The molecular weight excluding hydrogens is 411 g/mol. The number of carbonyl (C=O) groups excluding carboxylic acids is 1. The lowest BCUT2D eigenvalue weighted by molar-refractivity contribution is 0.168. The van der Waals surface area contributed by atoms with Crippen molar-refractivity contribution in [1.29, 1.82) is 0 Å². The van der Waals surface area contributed by atoms with Gasteiger partial charge in [-0.3, -0.25) is 10.0 Å². The van der Waals surface area contributed by atoms with Crippen LogP contribution in [0.3, 0.4) is 0 Å². The van der Waals surface area contributed by atoms with Crippen LogP contribution in [0.4, 0.5) is 16.2 Å². The first kappa shape index (κ1) is 19.7. The van der Waals surface area contributed by atoms with Gasteiger partial charge in [-0.1, -0.05) is 34.8 Å². The van der Waals surface area contributed by atoms with Gasteiger partial charge in [0.2, 0.25) is 0 Å². The van der Waals surface area contributed by atoms with Crippen molar-refractivity contribution < 1.29 is 17.9 Å². The minimum atomic E-state index is -3.90. The molecule has 134 valence electrons. The number of anilines is 2. The molecule has 0 bridgehead atoms. The Balaban J connectivity index is 2.20. The molecule has 0 unspecified atom stereocenters. The molecule has 10 heteroatoms. The van der Waals surface area contributed by atoms with Gasteiger partial charge in [-0.15, -0.1) is 0 Å². The van der Waals surface area contributed by atoms with E-state index in [4.69, 9.17) is 39.5 Å². The second kappa shape index (κ2) is 8.14. The van der Waals surface area contributed by atoms with Gasteiger partial charge in [0.05, 0.1) is 32.3 Å². The molecule has 0 saturated heterocycles. The molecule has 0 radical (unpaired) electrons. The van der Waals surface area contributed by atoms with Crippen LogP contribution in [0.5, 0.6) is 0 Å². The van der Waals surface area contributed by atoms with E-state index in [9.17, 15) is 13.2 Å². The predicted molar refractivity (Wildman–Crippen MR) is 99.4 cm³/mol. The molecule has 2 N–H and O–H groups in total. The van der Waals surface area contributed by atoms with Crippen molar-refractivity contribution in [1.82, 2.24) is 0 Å². The molecule has 0 heterocycles. The number of carbonyl (C=O) groups is 1. The highest BCUT2D eigenvalue weighted by Gasteiger charge is 2.17. The molecule has 0 aliphatic rings. The first-order valence-corrected chi connectivity index (χ1v) is 9.56. The summed E-state index contributed by atoms with van der Waals surface area (Å²) < 4.78 is 31.9. The van der Waals surface area contributed by atoms with Crippen LogP contribution in [0, 0.1) is 0 Å². The predicted octanol–water partition coefficient (Wildman–Crippen LogP) is 5.02. The van der Waals surface area contributed by atoms with Crippen LogP contribution >= 0.6 is 34.8 Å². The zero-order valence-electron chi connectivity index (χ0n) is 12.8. The normalized spacial score (nSPS) is 11.0. The molecular formula is C15H13Cl3N2O4S. The molecule has 2 aromatic rings. The molecule has 0 fully saturated rings. The summed E-state index contributed by atoms with van der Waals surface area (Å²) in [5.74, 6) is 0. The minimum Gasteiger partial charge on any atom is -0.450 e.